The Morgan fingerprint density at radius 3 is 2.71 bits per heavy atom. The number of amidine groups is 1. The number of aromatic nitrogens is 1. The summed E-state index contributed by atoms with van der Waals surface area (Å²) in [6, 6.07) is 13.2. The molecular formula is C21H15Cl2N3OS. The van der Waals surface area contributed by atoms with E-state index in [1.807, 2.05) is 30.5 Å². The second kappa shape index (κ2) is 7.95. The summed E-state index contributed by atoms with van der Waals surface area (Å²) in [5.74, 6) is -0.200. The van der Waals surface area contributed by atoms with Crippen LogP contribution in [0, 0.1) is 0 Å². The average molecular weight is 428 g/mol. The summed E-state index contributed by atoms with van der Waals surface area (Å²) < 4.78 is 0. The molecule has 28 heavy (non-hydrogen) atoms. The van der Waals surface area contributed by atoms with Gasteiger partial charge < -0.3 is 5.32 Å². The number of thioether (sulfide) groups is 1. The van der Waals surface area contributed by atoms with Crippen LogP contribution in [0.4, 0.5) is 5.69 Å². The molecule has 4 rings (SSSR count). The van der Waals surface area contributed by atoms with Crippen LogP contribution >= 0.6 is 35.0 Å². The average Bonchev–Trinajstić information content (AvgIpc) is 3.03. The highest BCUT2D eigenvalue weighted by Crippen LogP contribution is 2.35. The van der Waals surface area contributed by atoms with E-state index in [1.165, 1.54) is 17.3 Å². The molecule has 3 aromatic rings. The zero-order valence-corrected chi connectivity index (χ0v) is 17.2. The Kier molecular flexibility index (Phi) is 5.40. The van der Waals surface area contributed by atoms with Gasteiger partial charge in [-0.3, -0.25) is 9.78 Å². The van der Waals surface area contributed by atoms with Crippen molar-refractivity contribution in [2.75, 3.05) is 0 Å². The number of hydrogen-bond donors (Lipinski definition) is 1. The van der Waals surface area contributed by atoms with Crippen LogP contribution in [0.5, 0.6) is 0 Å². The molecule has 7 heteroatoms. The van der Waals surface area contributed by atoms with Crippen LogP contribution in [-0.2, 0) is 11.2 Å². The first kappa shape index (κ1) is 19.0. The van der Waals surface area contributed by atoms with Crippen LogP contribution in [0.2, 0.25) is 10.0 Å². The van der Waals surface area contributed by atoms with Crippen molar-refractivity contribution in [3.63, 3.8) is 0 Å². The van der Waals surface area contributed by atoms with E-state index in [2.05, 4.69) is 28.3 Å². The van der Waals surface area contributed by atoms with Gasteiger partial charge in [-0.15, -0.1) is 0 Å². The zero-order valence-electron chi connectivity index (χ0n) is 14.9. The van der Waals surface area contributed by atoms with Gasteiger partial charge in [-0.05, 0) is 65.7 Å². The van der Waals surface area contributed by atoms with Gasteiger partial charge in [0.15, 0.2) is 5.17 Å². The predicted molar refractivity (Wildman–Crippen MR) is 118 cm³/mol. The lowest BCUT2D eigenvalue weighted by atomic mass is 10.0. The number of aryl methyl sites for hydroxylation is 1. The van der Waals surface area contributed by atoms with Crippen LogP contribution in [0.15, 0.2) is 58.6 Å². The smallest absolute Gasteiger partial charge is 0.264 e. The fraction of sp³-hybridized carbons (Fsp3) is 0.0952. The third-order valence-electron chi connectivity index (χ3n) is 4.34. The van der Waals surface area contributed by atoms with Crippen molar-refractivity contribution >= 4 is 68.7 Å². The van der Waals surface area contributed by atoms with Gasteiger partial charge in [-0.25, -0.2) is 4.99 Å². The maximum absolute atomic E-state index is 12.4. The number of pyridine rings is 1. The molecule has 1 aliphatic heterocycles. The number of nitrogens with one attached hydrogen (secondary N) is 1. The number of rotatable bonds is 3. The summed E-state index contributed by atoms with van der Waals surface area (Å²) in [5, 5.41) is 5.17. The molecule has 1 N–H and O–H groups in total. The minimum atomic E-state index is -0.200. The molecule has 1 saturated heterocycles. The quantitative estimate of drug-likeness (QED) is 0.521. The molecule has 140 valence electrons. The first-order chi connectivity index (χ1) is 13.5. The van der Waals surface area contributed by atoms with E-state index in [1.54, 1.807) is 18.2 Å². The normalized spacial score (nSPS) is 16.9. The van der Waals surface area contributed by atoms with Crippen molar-refractivity contribution in [2.24, 2.45) is 4.99 Å². The lowest BCUT2D eigenvalue weighted by Gasteiger charge is -2.04. The highest BCUT2D eigenvalue weighted by molar-refractivity contribution is 8.18. The summed E-state index contributed by atoms with van der Waals surface area (Å²) in [6.45, 7) is 2.11. The zero-order chi connectivity index (χ0) is 19.7. The van der Waals surface area contributed by atoms with Crippen LogP contribution in [0.1, 0.15) is 18.1 Å². The van der Waals surface area contributed by atoms with E-state index in [4.69, 9.17) is 23.2 Å². The summed E-state index contributed by atoms with van der Waals surface area (Å²) in [5.41, 5.74) is 3.55. The molecule has 0 saturated carbocycles. The fourth-order valence-electron chi connectivity index (χ4n) is 2.95. The summed E-state index contributed by atoms with van der Waals surface area (Å²) in [4.78, 5) is 21.7. The van der Waals surface area contributed by atoms with E-state index < -0.39 is 0 Å². The Bertz CT molecular complexity index is 1140. The number of halogens is 2. The molecule has 0 aliphatic carbocycles. The number of benzene rings is 2. The van der Waals surface area contributed by atoms with Crippen molar-refractivity contribution in [3.8, 4) is 0 Å². The summed E-state index contributed by atoms with van der Waals surface area (Å²) in [6.07, 6.45) is 4.59. The third kappa shape index (κ3) is 3.78. The molecular weight excluding hydrogens is 413 g/mol. The van der Waals surface area contributed by atoms with Crippen LogP contribution in [0.3, 0.4) is 0 Å². The van der Waals surface area contributed by atoms with Crippen molar-refractivity contribution in [3.05, 3.63) is 74.7 Å². The van der Waals surface area contributed by atoms with Crippen LogP contribution in [0.25, 0.3) is 17.0 Å². The molecule has 2 aromatic carbocycles. The van der Waals surface area contributed by atoms with Gasteiger partial charge >= 0.3 is 0 Å². The highest BCUT2D eigenvalue weighted by atomic mass is 35.5. The van der Waals surface area contributed by atoms with E-state index >= 15 is 0 Å². The standard InChI is InChI=1S/C21H15Cl2N3OS/c1-2-13-8-9-24-17-7-6-12(10-14(13)17)11-18-20(27)26-21(28-18)25-19-15(22)4-3-5-16(19)23/h3-11H,2H2,1H3,(H,25,26,27)/b18-11-. The van der Waals surface area contributed by atoms with Gasteiger partial charge in [0.2, 0.25) is 0 Å². The van der Waals surface area contributed by atoms with E-state index in [9.17, 15) is 4.79 Å². The van der Waals surface area contributed by atoms with E-state index in [0.29, 0.717) is 25.8 Å². The molecule has 1 amide bonds. The Morgan fingerprint density at radius 1 is 1.18 bits per heavy atom. The molecule has 0 spiro atoms. The van der Waals surface area contributed by atoms with Gasteiger partial charge in [0.1, 0.15) is 5.69 Å². The van der Waals surface area contributed by atoms with Gasteiger partial charge in [-0.1, -0.05) is 42.3 Å². The fourth-order valence-corrected chi connectivity index (χ4v) is 4.26. The summed E-state index contributed by atoms with van der Waals surface area (Å²) >= 11 is 13.6. The molecule has 0 unspecified atom stereocenters. The number of para-hydroxylation sites is 1. The van der Waals surface area contributed by atoms with Crippen molar-refractivity contribution in [1.82, 2.24) is 10.3 Å². The minimum absolute atomic E-state index is 0.200. The first-order valence-electron chi connectivity index (χ1n) is 8.66. The number of nitrogens with zero attached hydrogens (tertiary/aromatic N) is 2. The van der Waals surface area contributed by atoms with E-state index in [0.717, 1.165) is 22.9 Å². The maximum Gasteiger partial charge on any atom is 0.264 e. The second-order valence-electron chi connectivity index (χ2n) is 6.15. The molecule has 1 aromatic heterocycles. The number of carbonyl (C=O) groups excluding carboxylic acids is 1. The molecule has 2 heterocycles. The molecule has 0 atom stereocenters. The lowest BCUT2D eigenvalue weighted by molar-refractivity contribution is -0.115. The van der Waals surface area contributed by atoms with Gasteiger partial charge in [0.05, 0.1) is 20.5 Å². The molecule has 1 aliphatic rings. The molecule has 0 radical (unpaired) electrons. The Morgan fingerprint density at radius 2 is 1.96 bits per heavy atom. The number of carbonyl (C=O) groups is 1. The minimum Gasteiger partial charge on any atom is -0.300 e. The summed E-state index contributed by atoms with van der Waals surface area (Å²) in [7, 11) is 0. The Labute approximate surface area is 176 Å². The maximum atomic E-state index is 12.4. The Hall–Kier alpha value is -2.34. The number of amides is 1. The van der Waals surface area contributed by atoms with Gasteiger partial charge in [0.25, 0.3) is 5.91 Å². The molecule has 4 nitrogen and oxygen atoms in total. The number of hydrogen-bond acceptors (Lipinski definition) is 4. The highest BCUT2D eigenvalue weighted by Gasteiger charge is 2.24. The largest absolute Gasteiger partial charge is 0.300 e. The van der Waals surface area contributed by atoms with E-state index in [-0.39, 0.29) is 5.91 Å². The Balaban J connectivity index is 1.67. The number of aliphatic imine (C=N–C) groups is 1. The van der Waals surface area contributed by atoms with Crippen molar-refractivity contribution < 1.29 is 4.79 Å². The third-order valence-corrected chi connectivity index (χ3v) is 5.86. The second-order valence-corrected chi connectivity index (χ2v) is 8.00. The van der Waals surface area contributed by atoms with Gasteiger partial charge in [0, 0.05) is 11.6 Å². The molecule has 0 bridgehead atoms. The van der Waals surface area contributed by atoms with Crippen molar-refractivity contribution in [2.45, 2.75) is 13.3 Å². The topological polar surface area (TPSA) is 54.4 Å². The van der Waals surface area contributed by atoms with Crippen molar-refractivity contribution in [1.29, 1.82) is 0 Å². The van der Waals surface area contributed by atoms with Crippen LogP contribution < -0.4 is 5.32 Å². The first-order valence-corrected chi connectivity index (χ1v) is 10.2. The predicted octanol–water partition coefficient (Wildman–Crippen LogP) is 6.00. The van der Waals surface area contributed by atoms with Gasteiger partial charge in [-0.2, -0.15) is 0 Å². The SMILES string of the molecule is CCc1ccnc2ccc(/C=C3\SC(=Nc4c(Cl)cccc4Cl)NC3=O)cc12. The number of fused-ring (bicyclic) bond motifs is 1. The lowest BCUT2D eigenvalue weighted by Crippen LogP contribution is -2.19. The monoisotopic (exact) mass is 427 g/mol. The molecule has 1 fully saturated rings. The van der Waals surface area contributed by atoms with Crippen LogP contribution in [-0.4, -0.2) is 16.1 Å².